The molecule has 1 aromatic rings. The molecular weight excluding hydrogens is 168 g/mol. The number of nitrogens with one attached hydrogen (secondary N) is 1. The lowest BCUT2D eigenvalue weighted by Crippen LogP contribution is -1.95. The van der Waals surface area contributed by atoms with Crippen molar-refractivity contribution in [2.45, 2.75) is 27.7 Å². The number of hydrogen-bond acceptors (Lipinski definition) is 3. The summed E-state index contributed by atoms with van der Waals surface area (Å²) in [5.74, 6) is -0.211. The number of nitrogens with zero attached hydrogens (tertiary/aromatic N) is 1. The molecule has 0 atom stereocenters. The van der Waals surface area contributed by atoms with E-state index in [2.05, 4.69) is 14.9 Å². The number of rotatable bonds is 1. The van der Waals surface area contributed by atoms with Crippen molar-refractivity contribution < 1.29 is 9.53 Å². The summed E-state index contributed by atoms with van der Waals surface area (Å²) in [6, 6.07) is 1.83. The highest BCUT2D eigenvalue weighted by Gasteiger charge is 1.81. The lowest BCUT2D eigenvalue weighted by molar-refractivity contribution is -0.140. The van der Waals surface area contributed by atoms with Gasteiger partial charge in [-0.3, -0.25) is 9.89 Å². The first-order valence-corrected chi connectivity index (χ1v) is 4.34. The van der Waals surface area contributed by atoms with Crippen LogP contribution in [0, 0.1) is 0 Å². The summed E-state index contributed by atoms with van der Waals surface area (Å²) in [5.41, 5.74) is 0. The highest BCUT2D eigenvalue weighted by Crippen LogP contribution is 1.69. The summed E-state index contributed by atoms with van der Waals surface area (Å²) in [4.78, 5) is 9.82. The lowest BCUT2D eigenvalue weighted by Gasteiger charge is -1.89. The lowest BCUT2D eigenvalue weighted by atomic mass is 10.8. The number of carbonyl (C=O) groups is 1. The smallest absolute Gasteiger partial charge is 0.302 e. The second-order valence-corrected chi connectivity index (χ2v) is 1.69. The van der Waals surface area contributed by atoms with Crippen molar-refractivity contribution in [1.82, 2.24) is 10.2 Å². The number of carbonyl (C=O) groups excluding carboxylic acids is 1. The fourth-order valence-electron chi connectivity index (χ4n) is 0.418. The Morgan fingerprint density at radius 2 is 2.15 bits per heavy atom. The summed E-state index contributed by atoms with van der Waals surface area (Å²) in [7, 11) is 0. The Morgan fingerprint density at radius 3 is 2.23 bits per heavy atom. The van der Waals surface area contributed by atoms with Crippen LogP contribution >= 0.6 is 0 Å². The van der Waals surface area contributed by atoms with Crippen molar-refractivity contribution in [3.05, 3.63) is 18.5 Å². The first-order chi connectivity index (χ1) is 6.27. The molecule has 0 bridgehead atoms. The van der Waals surface area contributed by atoms with E-state index >= 15 is 0 Å². The molecule has 0 amide bonds. The molecule has 0 radical (unpaired) electrons. The zero-order chi connectivity index (χ0) is 10.5. The van der Waals surface area contributed by atoms with Crippen molar-refractivity contribution in [2.24, 2.45) is 0 Å². The normalized spacial score (nSPS) is 7.08. The number of aromatic amines is 1. The zero-order valence-corrected chi connectivity index (χ0v) is 8.70. The number of aromatic nitrogens is 2. The van der Waals surface area contributed by atoms with Crippen LogP contribution in [-0.2, 0) is 9.53 Å². The van der Waals surface area contributed by atoms with E-state index in [1.54, 1.807) is 19.3 Å². The first-order valence-electron chi connectivity index (χ1n) is 4.34. The van der Waals surface area contributed by atoms with Gasteiger partial charge in [0.1, 0.15) is 0 Å². The number of esters is 1. The van der Waals surface area contributed by atoms with E-state index in [0.717, 1.165) is 0 Å². The third kappa shape index (κ3) is 18.0. The van der Waals surface area contributed by atoms with E-state index in [-0.39, 0.29) is 5.97 Å². The largest absolute Gasteiger partial charge is 0.466 e. The van der Waals surface area contributed by atoms with Crippen LogP contribution in [0.5, 0.6) is 0 Å². The Hall–Kier alpha value is -1.32. The minimum absolute atomic E-state index is 0.211. The van der Waals surface area contributed by atoms with Gasteiger partial charge >= 0.3 is 5.97 Å². The van der Waals surface area contributed by atoms with Gasteiger partial charge in [-0.1, -0.05) is 13.8 Å². The minimum Gasteiger partial charge on any atom is -0.466 e. The van der Waals surface area contributed by atoms with Gasteiger partial charge in [-0.25, -0.2) is 0 Å². The molecule has 0 aliphatic rings. The van der Waals surface area contributed by atoms with E-state index in [0.29, 0.717) is 6.61 Å². The Labute approximate surface area is 79.3 Å². The molecule has 0 unspecified atom stereocenters. The maximum atomic E-state index is 9.82. The van der Waals surface area contributed by atoms with Crippen molar-refractivity contribution >= 4 is 5.97 Å². The molecule has 1 N–H and O–H groups in total. The minimum atomic E-state index is -0.211. The van der Waals surface area contributed by atoms with Crippen LogP contribution in [-0.4, -0.2) is 22.8 Å². The summed E-state index contributed by atoms with van der Waals surface area (Å²) in [5, 5.41) is 6.21. The molecule has 0 saturated heterocycles. The molecule has 0 fully saturated rings. The highest BCUT2D eigenvalue weighted by molar-refractivity contribution is 5.65. The second kappa shape index (κ2) is 13.3. The Morgan fingerprint density at radius 1 is 1.54 bits per heavy atom. The average molecular weight is 186 g/mol. The molecular formula is C9H18N2O2. The predicted molar refractivity (Wildman–Crippen MR) is 52.2 cm³/mol. The summed E-state index contributed by atoms with van der Waals surface area (Å²) < 4.78 is 4.40. The van der Waals surface area contributed by atoms with Crippen LogP contribution in [0.1, 0.15) is 27.7 Å². The van der Waals surface area contributed by atoms with Crippen molar-refractivity contribution in [2.75, 3.05) is 6.61 Å². The van der Waals surface area contributed by atoms with Gasteiger partial charge in [-0.15, -0.1) is 0 Å². The third-order valence-electron chi connectivity index (χ3n) is 0.753. The molecule has 1 rings (SSSR count). The van der Waals surface area contributed by atoms with Crippen LogP contribution in [0.25, 0.3) is 0 Å². The zero-order valence-electron chi connectivity index (χ0n) is 8.70. The maximum Gasteiger partial charge on any atom is 0.302 e. The van der Waals surface area contributed by atoms with Gasteiger partial charge in [0.05, 0.1) is 6.61 Å². The van der Waals surface area contributed by atoms with E-state index in [1.807, 2.05) is 19.9 Å². The van der Waals surface area contributed by atoms with Gasteiger partial charge in [0.2, 0.25) is 0 Å². The molecule has 76 valence electrons. The van der Waals surface area contributed by atoms with E-state index in [9.17, 15) is 4.79 Å². The van der Waals surface area contributed by atoms with Gasteiger partial charge in [-0.2, -0.15) is 5.10 Å². The van der Waals surface area contributed by atoms with Crippen molar-refractivity contribution in [3.8, 4) is 0 Å². The third-order valence-corrected chi connectivity index (χ3v) is 0.753. The molecule has 0 spiro atoms. The second-order valence-electron chi connectivity index (χ2n) is 1.69. The van der Waals surface area contributed by atoms with Gasteiger partial charge in [0.25, 0.3) is 0 Å². The Balaban J connectivity index is 0. The molecule has 1 heterocycles. The van der Waals surface area contributed by atoms with Gasteiger partial charge < -0.3 is 4.74 Å². The predicted octanol–water partition coefficient (Wildman–Crippen LogP) is 2.01. The Bertz CT molecular complexity index is 157. The first kappa shape index (κ1) is 14.2. The summed E-state index contributed by atoms with van der Waals surface area (Å²) >= 11 is 0. The van der Waals surface area contributed by atoms with Gasteiger partial charge in [-0.05, 0) is 13.0 Å². The number of hydrogen-bond donors (Lipinski definition) is 1. The molecule has 4 nitrogen and oxygen atoms in total. The standard InChI is InChI=1S/C4H8O2.C3H4N2.C2H6/c1-3-6-4(2)5;1-2-4-5-3-1;1-2/h3H2,1-2H3;1-3H,(H,4,5);1-2H3. The average Bonchev–Trinajstić information content (AvgIpc) is 2.64. The van der Waals surface area contributed by atoms with Crippen molar-refractivity contribution in [1.29, 1.82) is 0 Å². The van der Waals surface area contributed by atoms with Gasteiger partial charge in [0, 0.05) is 19.3 Å². The van der Waals surface area contributed by atoms with E-state index < -0.39 is 0 Å². The van der Waals surface area contributed by atoms with Crippen LogP contribution in [0.4, 0.5) is 0 Å². The molecule has 4 heteroatoms. The molecule has 0 aliphatic heterocycles. The fourth-order valence-corrected chi connectivity index (χ4v) is 0.418. The number of H-pyrrole nitrogens is 1. The molecule has 1 aromatic heterocycles. The quantitative estimate of drug-likeness (QED) is 0.682. The maximum absolute atomic E-state index is 9.82. The SMILES string of the molecule is CC.CCOC(C)=O.c1cn[nH]c1. The van der Waals surface area contributed by atoms with Crippen molar-refractivity contribution in [3.63, 3.8) is 0 Å². The summed E-state index contributed by atoms with van der Waals surface area (Å²) in [6.45, 7) is 7.65. The molecule has 13 heavy (non-hydrogen) atoms. The van der Waals surface area contributed by atoms with Crippen LogP contribution in [0.15, 0.2) is 18.5 Å². The van der Waals surface area contributed by atoms with Crippen LogP contribution in [0.2, 0.25) is 0 Å². The topological polar surface area (TPSA) is 55.0 Å². The van der Waals surface area contributed by atoms with Crippen LogP contribution < -0.4 is 0 Å². The van der Waals surface area contributed by atoms with E-state index in [1.165, 1.54) is 6.92 Å². The fraction of sp³-hybridized carbons (Fsp3) is 0.556. The van der Waals surface area contributed by atoms with Gasteiger partial charge in [0.15, 0.2) is 0 Å². The molecule has 0 aliphatic carbocycles. The number of ether oxygens (including phenoxy) is 1. The highest BCUT2D eigenvalue weighted by atomic mass is 16.5. The monoisotopic (exact) mass is 186 g/mol. The van der Waals surface area contributed by atoms with Crippen LogP contribution in [0.3, 0.4) is 0 Å². The Kier molecular flexibility index (Phi) is 14.5. The molecule has 0 aromatic carbocycles. The molecule has 0 saturated carbocycles. The summed E-state index contributed by atoms with van der Waals surface area (Å²) in [6.07, 6.45) is 3.46. The van der Waals surface area contributed by atoms with E-state index in [4.69, 9.17) is 0 Å².